The fraction of sp³-hybridized carbons (Fsp3) is 0.118. The van der Waals surface area contributed by atoms with E-state index >= 15 is 0 Å². The molecule has 0 saturated heterocycles. The molecular formula is C17H12F4N2. The van der Waals surface area contributed by atoms with Gasteiger partial charge in [0.25, 0.3) is 0 Å². The predicted molar refractivity (Wildman–Crippen MR) is 79.2 cm³/mol. The van der Waals surface area contributed by atoms with E-state index in [0.717, 1.165) is 0 Å². The number of benzene rings is 2. The second kappa shape index (κ2) is 5.87. The van der Waals surface area contributed by atoms with Gasteiger partial charge in [-0.2, -0.15) is 13.2 Å². The van der Waals surface area contributed by atoms with E-state index in [4.69, 9.17) is 0 Å². The van der Waals surface area contributed by atoms with Crippen molar-refractivity contribution in [2.75, 3.05) is 0 Å². The molecule has 0 fully saturated rings. The molecule has 0 atom stereocenters. The topological polar surface area (TPSA) is 28.7 Å². The number of H-pyrrole nitrogens is 1. The highest BCUT2D eigenvalue weighted by atomic mass is 19.4. The normalized spacial score (nSPS) is 11.7. The predicted octanol–water partition coefficient (Wildman–Crippen LogP) is 4.99. The van der Waals surface area contributed by atoms with Crippen LogP contribution in [0, 0.1) is 5.82 Å². The second-order valence-corrected chi connectivity index (χ2v) is 5.08. The third kappa shape index (κ3) is 3.59. The van der Waals surface area contributed by atoms with Gasteiger partial charge in [-0.3, -0.25) is 0 Å². The van der Waals surface area contributed by atoms with E-state index in [2.05, 4.69) is 9.97 Å². The Bertz CT molecular complexity index is 807. The minimum atomic E-state index is -4.37. The van der Waals surface area contributed by atoms with Crippen molar-refractivity contribution in [1.82, 2.24) is 9.97 Å². The van der Waals surface area contributed by atoms with Crippen molar-refractivity contribution in [3.05, 3.63) is 66.1 Å². The molecule has 2 aromatic carbocycles. The van der Waals surface area contributed by atoms with Crippen LogP contribution in [-0.2, 0) is 6.42 Å². The lowest BCUT2D eigenvalue weighted by atomic mass is 10.1. The van der Waals surface area contributed by atoms with Gasteiger partial charge in [0.2, 0.25) is 0 Å². The molecule has 0 aliphatic carbocycles. The van der Waals surface area contributed by atoms with Gasteiger partial charge in [0.15, 0.2) is 0 Å². The molecule has 6 heteroatoms. The number of aromatic nitrogens is 2. The van der Waals surface area contributed by atoms with E-state index in [9.17, 15) is 17.6 Å². The van der Waals surface area contributed by atoms with Crippen molar-refractivity contribution in [1.29, 1.82) is 0 Å². The van der Waals surface area contributed by atoms with Gasteiger partial charge in [0.05, 0.1) is 17.8 Å². The summed E-state index contributed by atoms with van der Waals surface area (Å²) in [6.45, 7) is 0. The van der Waals surface area contributed by atoms with Crippen LogP contribution in [0.5, 0.6) is 0 Å². The fourth-order valence-corrected chi connectivity index (χ4v) is 2.35. The highest BCUT2D eigenvalue weighted by Crippen LogP contribution is 2.30. The van der Waals surface area contributed by atoms with Gasteiger partial charge in [-0.25, -0.2) is 9.37 Å². The Balaban J connectivity index is 2.10. The maximum atomic E-state index is 13.3. The first-order valence-electron chi connectivity index (χ1n) is 6.89. The van der Waals surface area contributed by atoms with Crippen LogP contribution in [0.4, 0.5) is 17.6 Å². The Kier molecular flexibility index (Phi) is 3.90. The molecule has 2 nitrogen and oxygen atoms in total. The summed E-state index contributed by atoms with van der Waals surface area (Å²) in [5, 5.41) is 0. The lowest BCUT2D eigenvalue weighted by molar-refractivity contribution is -0.127. The quantitative estimate of drug-likeness (QED) is 0.677. The molecule has 3 aromatic rings. The summed E-state index contributed by atoms with van der Waals surface area (Å²) < 4.78 is 51.7. The van der Waals surface area contributed by atoms with Crippen LogP contribution >= 0.6 is 0 Å². The zero-order valence-electron chi connectivity index (χ0n) is 11.9. The summed E-state index contributed by atoms with van der Waals surface area (Å²) >= 11 is 0. The first-order chi connectivity index (χ1) is 10.9. The molecule has 0 saturated carbocycles. The van der Waals surface area contributed by atoms with Crippen molar-refractivity contribution in [2.45, 2.75) is 12.6 Å². The molecule has 0 unspecified atom stereocenters. The first-order valence-corrected chi connectivity index (χ1v) is 6.89. The van der Waals surface area contributed by atoms with Crippen LogP contribution in [0.3, 0.4) is 0 Å². The number of halogens is 4. The Labute approximate surface area is 129 Å². The molecule has 1 N–H and O–H groups in total. The third-order valence-electron chi connectivity index (χ3n) is 3.30. The number of nitrogens with zero attached hydrogens (tertiary/aromatic N) is 1. The number of aromatic amines is 1. The van der Waals surface area contributed by atoms with Crippen molar-refractivity contribution in [3.63, 3.8) is 0 Å². The van der Waals surface area contributed by atoms with Gasteiger partial charge in [0.1, 0.15) is 11.6 Å². The Morgan fingerprint density at radius 3 is 2.26 bits per heavy atom. The Morgan fingerprint density at radius 2 is 1.61 bits per heavy atom. The lowest BCUT2D eigenvalue weighted by Crippen LogP contribution is -2.12. The molecule has 118 valence electrons. The standard InChI is InChI=1S/C17H12F4N2/c18-13-8-4-7-12(9-13)16-22-14(10-17(19,20)21)15(23-16)11-5-2-1-3-6-11/h1-9H,10H2,(H,22,23). The van der Waals surface area contributed by atoms with E-state index in [1.165, 1.54) is 18.2 Å². The summed E-state index contributed by atoms with van der Waals surface area (Å²) in [7, 11) is 0. The van der Waals surface area contributed by atoms with Crippen molar-refractivity contribution in [2.24, 2.45) is 0 Å². The first kappa shape index (κ1) is 15.3. The molecule has 3 rings (SSSR count). The van der Waals surface area contributed by atoms with E-state index in [-0.39, 0.29) is 17.2 Å². The average Bonchev–Trinajstić information content (AvgIpc) is 2.90. The number of hydrogen-bond acceptors (Lipinski definition) is 1. The SMILES string of the molecule is Fc1cccc(-c2nc(-c3ccccc3)c(CC(F)(F)F)[nH]2)c1. The summed E-state index contributed by atoms with van der Waals surface area (Å²) in [6.07, 6.45) is -5.49. The number of imidazole rings is 1. The largest absolute Gasteiger partial charge is 0.394 e. The molecule has 1 aromatic heterocycles. The van der Waals surface area contributed by atoms with Gasteiger partial charge >= 0.3 is 6.18 Å². The Hall–Kier alpha value is -2.63. The monoisotopic (exact) mass is 320 g/mol. The van der Waals surface area contributed by atoms with Gasteiger partial charge in [-0.15, -0.1) is 0 Å². The van der Waals surface area contributed by atoms with Gasteiger partial charge in [-0.1, -0.05) is 42.5 Å². The lowest BCUT2D eigenvalue weighted by Gasteiger charge is -2.06. The molecule has 0 radical (unpaired) electrons. The fourth-order valence-electron chi connectivity index (χ4n) is 2.35. The van der Waals surface area contributed by atoms with Gasteiger partial charge in [0, 0.05) is 11.1 Å². The molecule has 0 spiro atoms. The molecule has 0 bridgehead atoms. The number of hydrogen-bond donors (Lipinski definition) is 1. The van der Waals surface area contributed by atoms with Crippen LogP contribution in [-0.4, -0.2) is 16.1 Å². The van der Waals surface area contributed by atoms with Crippen molar-refractivity contribution >= 4 is 0 Å². The summed E-state index contributed by atoms with van der Waals surface area (Å²) in [6, 6.07) is 14.2. The van der Waals surface area contributed by atoms with Crippen LogP contribution in [0.25, 0.3) is 22.6 Å². The van der Waals surface area contributed by atoms with Crippen molar-refractivity contribution < 1.29 is 17.6 Å². The zero-order valence-corrected chi connectivity index (χ0v) is 11.9. The van der Waals surface area contributed by atoms with Crippen molar-refractivity contribution in [3.8, 4) is 22.6 Å². The third-order valence-corrected chi connectivity index (χ3v) is 3.30. The molecule has 0 aliphatic heterocycles. The smallest absolute Gasteiger partial charge is 0.341 e. The second-order valence-electron chi connectivity index (χ2n) is 5.08. The molecule has 0 amide bonds. The summed E-state index contributed by atoms with van der Waals surface area (Å²) in [4.78, 5) is 6.94. The Morgan fingerprint density at radius 1 is 0.913 bits per heavy atom. The van der Waals surface area contributed by atoms with Crippen LogP contribution < -0.4 is 0 Å². The minimum absolute atomic E-state index is 0.0389. The van der Waals surface area contributed by atoms with Crippen LogP contribution in [0.15, 0.2) is 54.6 Å². The maximum Gasteiger partial charge on any atom is 0.394 e. The summed E-state index contributed by atoms with van der Waals surface area (Å²) in [5.74, 6) is -0.264. The highest BCUT2D eigenvalue weighted by molar-refractivity contribution is 5.67. The minimum Gasteiger partial charge on any atom is -0.341 e. The van der Waals surface area contributed by atoms with Crippen LogP contribution in [0.1, 0.15) is 5.69 Å². The molecule has 23 heavy (non-hydrogen) atoms. The molecular weight excluding hydrogens is 308 g/mol. The number of alkyl halides is 3. The average molecular weight is 320 g/mol. The van der Waals surface area contributed by atoms with Gasteiger partial charge < -0.3 is 4.98 Å². The van der Waals surface area contributed by atoms with E-state index in [0.29, 0.717) is 11.1 Å². The van der Waals surface area contributed by atoms with E-state index < -0.39 is 18.4 Å². The van der Waals surface area contributed by atoms with E-state index in [1.807, 2.05) is 0 Å². The summed E-state index contributed by atoms with van der Waals surface area (Å²) in [5.41, 5.74) is 1.16. The zero-order chi connectivity index (χ0) is 16.4. The maximum absolute atomic E-state index is 13.3. The molecule has 1 heterocycles. The number of rotatable bonds is 3. The number of nitrogens with one attached hydrogen (secondary N) is 1. The molecule has 0 aliphatic rings. The highest BCUT2D eigenvalue weighted by Gasteiger charge is 2.31. The van der Waals surface area contributed by atoms with Gasteiger partial charge in [-0.05, 0) is 12.1 Å². The van der Waals surface area contributed by atoms with Crippen LogP contribution in [0.2, 0.25) is 0 Å². The van der Waals surface area contributed by atoms with E-state index in [1.54, 1.807) is 36.4 Å².